The van der Waals surface area contributed by atoms with Crippen LogP contribution >= 0.6 is 23.7 Å². The third-order valence-corrected chi connectivity index (χ3v) is 4.26. The summed E-state index contributed by atoms with van der Waals surface area (Å²) in [6.45, 7) is 2.36. The Morgan fingerprint density at radius 1 is 1.53 bits per heavy atom. The van der Waals surface area contributed by atoms with Crippen LogP contribution in [0.4, 0.5) is 5.13 Å². The van der Waals surface area contributed by atoms with E-state index in [2.05, 4.69) is 9.88 Å². The van der Waals surface area contributed by atoms with Gasteiger partial charge in [0, 0.05) is 30.2 Å². The van der Waals surface area contributed by atoms with Crippen LogP contribution < -0.4 is 5.73 Å². The van der Waals surface area contributed by atoms with Crippen LogP contribution in [0, 0.1) is 5.92 Å². The van der Waals surface area contributed by atoms with Gasteiger partial charge in [-0.1, -0.05) is 0 Å². The molecule has 2 aliphatic rings. The predicted molar refractivity (Wildman–Crippen MR) is 65.3 cm³/mol. The average molecular weight is 246 g/mol. The summed E-state index contributed by atoms with van der Waals surface area (Å²) in [6, 6.07) is 0.850. The van der Waals surface area contributed by atoms with Gasteiger partial charge in [0.15, 0.2) is 5.13 Å². The monoisotopic (exact) mass is 245 g/mol. The number of nitrogens with two attached hydrogens (primary N) is 1. The third kappa shape index (κ3) is 2.12. The van der Waals surface area contributed by atoms with E-state index in [1.165, 1.54) is 30.7 Å². The number of aromatic nitrogens is 1. The van der Waals surface area contributed by atoms with E-state index in [-0.39, 0.29) is 12.4 Å². The van der Waals surface area contributed by atoms with Crippen molar-refractivity contribution in [2.75, 3.05) is 12.3 Å². The number of hydrogen-bond acceptors (Lipinski definition) is 4. The molecule has 0 radical (unpaired) electrons. The summed E-state index contributed by atoms with van der Waals surface area (Å²) in [5.41, 5.74) is 5.62. The van der Waals surface area contributed by atoms with Crippen LogP contribution in [0.15, 0.2) is 6.20 Å². The first-order chi connectivity index (χ1) is 6.81. The third-order valence-electron chi connectivity index (χ3n) is 3.45. The van der Waals surface area contributed by atoms with Crippen molar-refractivity contribution in [3.05, 3.63) is 11.1 Å². The van der Waals surface area contributed by atoms with E-state index < -0.39 is 0 Å². The summed E-state index contributed by atoms with van der Waals surface area (Å²) in [5, 5.41) is 0.698. The van der Waals surface area contributed by atoms with Crippen LogP contribution in [0.2, 0.25) is 0 Å². The minimum atomic E-state index is 0. The molecule has 2 fully saturated rings. The van der Waals surface area contributed by atoms with Crippen molar-refractivity contribution in [3.63, 3.8) is 0 Å². The van der Waals surface area contributed by atoms with Crippen LogP contribution in [0.25, 0.3) is 0 Å². The van der Waals surface area contributed by atoms with Gasteiger partial charge < -0.3 is 5.73 Å². The van der Waals surface area contributed by atoms with E-state index in [0.717, 1.165) is 18.5 Å². The van der Waals surface area contributed by atoms with E-state index in [0.29, 0.717) is 5.13 Å². The summed E-state index contributed by atoms with van der Waals surface area (Å²) in [6.07, 6.45) is 6.20. The SMILES string of the molecule is Cl.Nc1ncc(CN2CC3CCC2C3)s1. The van der Waals surface area contributed by atoms with Crippen LogP contribution in [0.3, 0.4) is 0 Å². The first-order valence-electron chi connectivity index (χ1n) is 5.25. The maximum atomic E-state index is 5.62. The Kier molecular flexibility index (Phi) is 3.19. The van der Waals surface area contributed by atoms with Crippen LogP contribution in [-0.2, 0) is 6.54 Å². The summed E-state index contributed by atoms with van der Waals surface area (Å²) in [5.74, 6) is 0.977. The fraction of sp³-hybridized carbons (Fsp3) is 0.700. The summed E-state index contributed by atoms with van der Waals surface area (Å²) >= 11 is 1.63. The molecule has 15 heavy (non-hydrogen) atoms. The fourth-order valence-corrected chi connectivity index (χ4v) is 3.53. The average Bonchev–Trinajstić information content (AvgIpc) is 2.82. The molecule has 2 heterocycles. The normalized spacial score (nSPS) is 29.3. The second kappa shape index (κ2) is 4.28. The van der Waals surface area contributed by atoms with Gasteiger partial charge in [-0.3, -0.25) is 4.90 Å². The van der Waals surface area contributed by atoms with E-state index in [9.17, 15) is 0 Å². The van der Waals surface area contributed by atoms with Gasteiger partial charge in [0.1, 0.15) is 0 Å². The molecule has 5 heteroatoms. The second-order valence-electron chi connectivity index (χ2n) is 4.43. The molecule has 2 N–H and O–H groups in total. The van der Waals surface area contributed by atoms with E-state index in [4.69, 9.17) is 5.73 Å². The molecule has 1 saturated heterocycles. The summed E-state index contributed by atoms with van der Waals surface area (Å²) < 4.78 is 0. The predicted octanol–water partition coefficient (Wildman–Crippen LogP) is 2.13. The maximum Gasteiger partial charge on any atom is 0.180 e. The highest BCUT2D eigenvalue weighted by Crippen LogP contribution is 2.38. The number of fused-ring (bicyclic) bond motifs is 2. The number of rotatable bonds is 2. The number of hydrogen-bond donors (Lipinski definition) is 1. The second-order valence-corrected chi connectivity index (χ2v) is 5.57. The molecule has 0 amide bonds. The Hall–Kier alpha value is -0.320. The van der Waals surface area contributed by atoms with Crippen molar-refractivity contribution in [1.29, 1.82) is 0 Å². The molecular weight excluding hydrogens is 230 g/mol. The zero-order chi connectivity index (χ0) is 9.54. The first kappa shape index (κ1) is 11.2. The zero-order valence-electron chi connectivity index (χ0n) is 8.56. The lowest BCUT2D eigenvalue weighted by Crippen LogP contribution is -2.31. The molecule has 3 nitrogen and oxygen atoms in total. The molecule has 0 aromatic carbocycles. The number of halogens is 1. The number of nitrogen functional groups attached to an aromatic ring is 1. The maximum absolute atomic E-state index is 5.62. The molecule has 2 atom stereocenters. The lowest BCUT2D eigenvalue weighted by Gasteiger charge is -2.25. The van der Waals surface area contributed by atoms with Crippen LogP contribution in [0.1, 0.15) is 24.1 Å². The highest BCUT2D eigenvalue weighted by Gasteiger charge is 2.37. The standard InChI is InChI=1S/C10H15N3S.ClH/c11-10-12-4-9(14-10)6-13-5-7-1-2-8(13)3-7;/h4,7-8H,1-3,5-6H2,(H2,11,12);1H. The Morgan fingerprint density at radius 3 is 2.93 bits per heavy atom. The van der Waals surface area contributed by atoms with Gasteiger partial charge >= 0.3 is 0 Å². The van der Waals surface area contributed by atoms with Crippen LogP contribution in [-0.4, -0.2) is 22.5 Å². The van der Waals surface area contributed by atoms with Crippen molar-refractivity contribution in [1.82, 2.24) is 9.88 Å². The van der Waals surface area contributed by atoms with E-state index in [1.54, 1.807) is 11.3 Å². The zero-order valence-corrected chi connectivity index (χ0v) is 10.2. The lowest BCUT2D eigenvalue weighted by atomic mass is 10.1. The van der Waals surface area contributed by atoms with Crippen molar-refractivity contribution in [3.8, 4) is 0 Å². The van der Waals surface area contributed by atoms with Crippen molar-refractivity contribution in [2.24, 2.45) is 5.92 Å². The Balaban J connectivity index is 0.000000853. The fourth-order valence-electron chi connectivity index (χ4n) is 2.82. The summed E-state index contributed by atoms with van der Waals surface area (Å²) in [4.78, 5) is 8.00. The van der Waals surface area contributed by atoms with Gasteiger partial charge in [-0.15, -0.1) is 23.7 Å². The lowest BCUT2D eigenvalue weighted by molar-refractivity contribution is 0.207. The number of thiazole rings is 1. The van der Waals surface area contributed by atoms with Crippen molar-refractivity contribution in [2.45, 2.75) is 31.8 Å². The Labute approximate surface area is 100 Å². The number of anilines is 1. The molecule has 1 aliphatic heterocycles. The molecule has 1 aromatic rings. The molecule has 0 spiro atoms. The minimum absolute atomic E-state index is 0. The molecule has 84 valence electrons. The highest BCUT2D eigenvalue weighted by atomic mass is 35.5. The van der Waals surface area contributed by atoms with Gasteiger partial charge in [-0.2, -0.15) is 0 Å². The van der Waals surface area contributed by atoms with Gasteiger partial charge in [-0.25, -0.2) is 4.98 Å². The molecule has 1 aliphatic carbocycles. The first-order valence-corrected chi connectivity index (χ1v) is 6.07. The van der Waals surface area contributed by atoms with E-state index in [1.807, 2.05) is 6.20 Å². The number of piperidine rings is 1. The molecule has 3 rings (SSSR count). The van der Waals surface area contributed by atoms with Crippen molar-refractivity contribution < 1.29 is 0 Å². The Morgan fingerprint density at radius 2 is 2.40 bits per heavy atom. The quantitative estimate of drug-likeness (QED) is 0.868. The number of nitrogens with zero attached hydrogens (tertiary/aromatic N) is 2. The molecular formula is C10H16ClN3S. The summed E-state index contributed by atoms with van der Waals surface area (Å²) in [7, 11) is 0. The van der Waals surface area contributed by atoms with Gasteiger partial charge in [0.2, 0.25) is 0 Å². The van der Waals surface area contributed by atoms with Gasteiger partial charge in [-0.05, 0) is 25.2 Å². The molecule has 1 saturated carbocycles. The molecule has 2 bridgehead atoms. The minimum Gasteiger partial charge on any atom is -0.375 e. The Bertz CT molecular complexity index is 341. The topological polar surface area (TPSA) is 42.1 Å². The largest absolute Gasteiger partial charge is 0.375 e. The molecule has 1 aromatic heterocycles. The van der Waals surface area contributed by atoms with Gasteiger partial charge in [0.25, 0.3) is 0 Å². The number of likely N-dealkylation sites (tertiary alicyclic amines) is 1. The smallest absolute Gasteiger partial charge is 0.180 e. The van der Waals surface area contributed by atoms with Crippen LogP contribution in [0.5, 0.6) is 0 Å². The highest BCUT2D eigenvalue weighted by molar-refractivity contribution is 7.15. The molecule has 2 unspecified atom stereocenters. The van der Waals surface area contributed by atoms with Crippen molar-refractivity contribution >= 4 is 28.9 Å². The van der Waals surface area contributed by atoms with Gasteiger partial charge in [0.05, 0.1) is 0 Å². The van der Waals surface area contributed by atoms with E-state index >= 15 is 0 Å².